The third-order valence-corrected chi connectivity index (χ3v) is 2.40. The lowest BCUT2D eigenvalue weighted by Crippen LogP contribution is -2.26. The molecule has 86 valence electrons. The summed E-state index contributed by atoms with van der Waals surface area (Å²) < 4.78 is 6.89. The molecule has 15 heavy (non-hydrogen) atoms. The molecular weight excluding hydrogens is 190 g/mol. The molecule has 1 aromatic heterocycles. The summed E-state index contributed by atoms with van der Waals surface area (Å²) in [7, 11) is 3.64. The first-order valence-electron chi connectivity index (χ1n) is 5.35. The summed E-state index contributed by atoms with van der Waals surface area (Å²) in [6, 6.07) is 2.19. The Balaban J connectivity index is 2.32. The summed E-state index contributed by atoms with van der Waals surface area (Å²) in [6.07, 6.45) is 3.76. The molecule has 2 atom stereocenters. The fourth-order valence-corrected chi connectivity index (χ4v) is 1.79. The van der Waals surface area contributed by atoms with Gasteiger partial charge in [0.25, 0.3) is 0 Å². The van der Waals surface area contributed by atoms with Crippen LogP contribution >= 0.6 is 0 Å². The number of methoxy groups -OCH3 is 1. The van der Waals surface area contributed by atoms with Gasteiger partial charge in [-0.15, -0.1) is 0 Å². The van der Waals surface area contributed by atoms with Crippen molar-refractivity contribution < 1.29 is 4.74 Å². The van der Waals surface area contributed by atoms with E-state index < -0.39 is 0 Å². The van der Waals surface area contributed by atoms with Crippen molar-refractivity contribution in [1.29, 1.82) is 0 Å². The smallest absolute Gasteiger partial charge is 0.0639 e. The Bertz CT molecular complexity index is 285. The fraction of sp³-hybridized carbons (Fsp3) is 0.727. The minimum absolute atomic E-state index is 0.171. The first-order chi connectivity index (χ1) is 7.11. The predicted molar refractivity (Wildman–Crippen MR) is 60.5 cm³/mol. The van der Waals surface area contributed by atoms with Gasteiger partial charge in [0.05, 0.1) is 5.69 Å². The van der Waals surface area contributed by atoms with Crippen LogP contribution in [0.3, 0.4) is 0 Å². The number of aryl methyl sites for hydroxylation is 1. The standard InChI is InChI=1S/C11H21N3O/c1-9(8-15-3)6-10(12)7-11-4-5-14(2)13-11/h4-5,9-10H,6-8,12H2,1-3H3. The average Bonchev–Trinajstić information content (AvgIpc) is 2.51. The number of hydrogen-bond acceptors (Lipinski definition) is 3. The topological polar surface area (TPSA) is 53.1 Å². The third kappa shape index (κ3) is 4.44. The van der Waals surface area contributed by atoms with Crippen LogP contribution < -0.4 is 5.73 Å². The monoisotopic (exact) mass is 211 g/mol. The predicted octanol–water partition coefficient (Wildman–Crippen LogP) is 0.962. The van der Waals surface area contributed by atoms with Gasteiger partial charge < -0.3 is 10.5 Å². The normalized spacial score (nSPS) is 15.2. The second kappa shape index (κ2) is 5.88. The Morgan fingerprint density at radius 2 is 2.33 bits per heavy atom. The number of rotatable bonds is 6. The van der Waals surface area contributed by atoms with E-state index in [-0.39, 0.29) is 6.04 Å². The maximum absolute atomic E-state index is 6.04. The summed E-state index contributed by atoms with van der Waals surface area (Å²) >= 11 is 0. The summed E-state index contributed by atoms with van der Waals surface area (Å²) in [5, 5.41) is 4.31. The molecule has 0 amide bonds. The SMILES string of the molecule is COCC(C)CC(N)Cc1ccn(C)n1. The van der Waals surface area contributed by atoms with Crippen LogP contribution in [0, 0.1) is 5.92 Å². The van der Waals surface area contributed by atoms with Crippen molar-refractivity contribution in [2.24, 2.45) is 18.7 Å². The first-order valence-corrected chi connectivity index (χ1v) is 5.35. The summed E-state index contributed by atoms with van der Waals surface area (Å²) in [4.78, 5) is 0. The summed E-state index contributed by atoms with van der Waals surface area (Å²) in [5.41, 5.74) is 7.11. The van der Waals surface area contributed by atoms with Crippen molar-refractivity contribution in [1.82, 2.24) is 9.78 Å². The molecule has 1 heterocycles. The van der Waals surface area contributed by atoms with Crippen molar-refractivity contribution >= 4 is 0 Å². The molecule has 4 nitrogen and oxygen atoms in total. The Morgan fingerprint density at radius 3 is 2.87 bits per heavy atom. The molecule has 0 saturated heterocycles. The zero-order chi connectivity index (χ0) is 11.3. The fourth-order valence-electron chi connectivity index (χ4n) is 1.79. The number of aromatic nitrogens is 2. The lowest BCUT2D eigenvalue weighted by atomic mass is 10.00. The highest BCUT2D eigenvalue weighted by atomic mass is 16.5. The number of nitrogens with zero attached hydrogens (tertiary/aromatic N) is 2. The molecule has 1 aromatic rings. The maximum Gasteiger partial charge on any atom is 0.0639 e. The number of ether oxygens (including phenoxy) is 1. The highest BCUT2D eigenvalue weighted by Crippen LogP contribution is 2.08. The van der Waals surface area contributed by atoms with Crippen LogP contribution in [0.1, 0.15) is 19.0 Å². The highest BCUT2D eigenvalue weighted by Gasteiger charge is 2.10. The Kier molecular flexibility index (Phi) is 4.78. The molecule has 4 heteroatoms. The Labute approximate surface area is 91.4 Å². The van der Waals surface area contributed by atoms with Crippen molar-refractivity contribution in [3.8, 4) is 0 Å². The zero-order valence-electron chi connectivity index (χ0n) is 9.81. The Morgan fingerprint density at radius 1 is 1.60 bits per heavy atom. The van der Waals surface area contributed by atoms with Gasteiger partial charge in [0.15, 0.2) is 0 Å². The van der Waals surface area contributed by atoms with Crippen LogP contribution in [0.15, 0.2) is 12.3 Å². The van der Waals surface area contributed by atoms with Crippen LogP contribution in [0.25, 0.3) is 0 Å². The van der Waals surface area contributed by atoms with E-state index in [1.54, 1.807) is 11.8 Å². The lowest BCUT2D eigenvalue weighted by molar-refractivity contribution is 0.152. The molecule has 1 rings (SSSR count). The molecule has 0 bridgehead atoms. The number of hydrogen-bond donors (Lipinski definition) is 1. The van der Waals surface area contributed by atoms with Crippen LogP contribution in [0.5, 0.6) is 0 Å². The van der Waals surface area contributed by atoms with E-state index in [9.17, 15) is 0 Å². The third-order valence-electron chi connectivity index (χ3n) is 2.40. The minimum atomic E-state index is 0.171. The highest BCUT2D eigenvalue weighted by molar-refractivity contribution is 5.00. The molecule has 0 radical (unpaired) electrons. The molecule has 2 N–H and O–H groups in total. The molecule has 0 spiro atoms. The van der Waals surface area contributed by atoms with E-state index in [1.165, 1.54) is 0 Å². The van der Waals surface area contributed by atoms with Gasteiger partial charge in [0.2, 0.25) is 0 Å². The first kappa shape index (κ1) is 12.2. The molecule has 0 aromatic carbocycles. The second-order valence-corrected chi connectivity index (χ2v) is 4.24. The molecule has 0 aliphatic carbocycles. The largest absolute Gasteiger partial charge is 0.384 e. The molecule has 0 aliphatic heterocycles. The van der Waals surface area contributed by atoms with E-state index in [1.807, 2.05) is 19.3 Å². The number of nitrogens with two attached hydrogens (primary N) is 1. The Hall–Kier alpha value is -0.870. The van der Waals surface area contributed by atoms with Gasteiger partial charge in [-0.25, -0.2) is 0 Å². The van der Waals surface area contributed by atoms with Crippen molar-refractivity contribution in [3.63, 3.8) is 0 Å². The van der Waals surface area contributed by atoms with Gasteiger partial charge in [0.1, 0.15) is 0 Å². The zero-order valence-corrected chi connectivity index (χ0v) is 9.81. The molecule has 0 aliphatic rings. The van der Waals surface area contributed by atoms with Gasteiger partial charge in [-0.3, -0.25) is 4.68 Å². The molecular formula is C11H21N3O. The summed E-state index contributed by atoms with van der Waals surface area (Å²) in [6.45, 7) is 2.93. The lowest BCUT2D eigenvalue weighted by Gasteiger charge is -2.15. The average molecular weight is 211 g/mol. The van der Waals surface area contributed by atoms with Crippen LogP contribution in [0.4, 0.5) is 0 Å². The van der Waals surface area contributed by atoms with Crippen molar-refractivity contribution in [3.05, 3.63) is 18.0 Å². The molecule has 2 unspecified atom stereocenters. The minimum Gasteiger partial charge on any atom is -0.384 e. The molecule has 0 saturated carbocycles. The quantitative estimate of drug-likeness (QED) is 0.762. The van der Waals surface area contributed by atoms with Crippen LogP contribution in [-0.4, -0.2) is 29.5 Å². The van der Waals surface area contributed by atoms with E-state index >= 15 is 0 Å². The van der Waals surface area contributed by atoms with Crippen molar-refractivity contribution in [2.45, 2.75) is 25.8 Å². The van der Waals surface area contributed by atoms with Crippen molar-refractivity contribution in [2.75, 3.05) is 13.7 Å². The van der Waals surface area contributed by atoms with E-state index in [4.69, 9.17) is 10.5 Å². The second-order valence-electron chi connectivity index (χ2n) is 4.24. The van der Waals surface area contributed by atoms with Gasteiger partial charge in [-0.05, 0) is 18.4 Å². The van der Waals surface area contributed by atoms with Crippen LogP contribution in [0.2, 0.25) is 0 Å². The maximum atomic E-state index is 6.04. The molecule has 0 fully saturated rings. The van der Waals surface area contributed by atoms with Crippen LogP contribution in [-0.2, 0) is 18.2 Å². The van der Waals surface area contributed by atoms with Gasteiger partial charge in [-0.2, -0.15) is 5.10 Å². The van der Waals surface area contributed by atoms with E-state index in [0.717, 1.165) is 25.1 Å². The van der Waals surface area contributed by atoms with Gasteiger partial charge in [0, 0.05) is 39.4 Å². The van der Waals surface area contributed by atoms with Gasteiger partial charge in [-0.1, -0.05) is 6.92 Å². The van der Waals surface area contributed by atoms with E-state index in [2.05, 4.69) is 12.0 Å². The van der Waals surface area contributed by atoms with E-state index in [0.29, 0.717) is 5.92 Å². The summed E-state index contributed by atoms with van der Waals surface area (Å²) in [5.74, 6) is 0.508. The van der Waals surface area contributed by atoms with Gasteiger partial charge >= 0.3 is 0 Å².